The molecule has 0 unspecified atom stereocenters. The summed E-state index contributed by atoms with van der Waals surface area (Å²) in [5, 5.41) is 7.03. The smallest absolute Gasteiger partial charge is 0.254 e. The molecular formula is C16H20FN3OS. The molecule has 0 radical (unpaired) electrons. The highest BCUT2D eigenvalue weighted by molar-refractivity contribution is 7.98. The molecular weight excluding hydrogens is 301 g/mol. The Balaban J connectivity index is 1.64. The second kappa shape index (κ2) is 7.98. The van der Waals surface area contributed by atoms with Crippen molar-refractivity contribution >= 4 is 17.7 Å². The maximum absolute atomic E-state index is 13.4. The number of carbonyl (C=O) groups excluding carboxylic acids is 1. The van der Waals surface area contributed by atoms with Gasteiger partial charge in [-0.2, -0.15) is 16.9 Å². The highest BCUT2D eigenvalue weighted by Gasteiger charge is 2.11. The van der Waals surface area contributed by atoms with E-state index < -0.39 is 0 Å². The average Bonchev–Trinajstić information content (AvgIpc) is 2.83. The zero-order chi connectivity index (χ0) is 15.9. The standard InChI is InChI=1S/C16H20FN3OS/c1-12-14(10-20(2)19-12)16(21)18-8-5-9-22-11-13-6-3-4-7-15(13)17/h3-4,6-7,10H,5,8-9,11H2,1-2H3,(H,18,21). The van der Waals surface area contributed by atoms with Crippen LogP contribution in [-0.4, -0.2) is 28.0 Å². The molecule has 1 amide bonds. The second-order valence-corrected chi connectivity index (χ2v) is 6.16. The Labute approximate surface area is 134 Å². The monoisotopic (exact) mass is 321 g/mol. The van der Waals surface area contributed by atoms with Crippen LogP contribution >= 0.6 is 11.8 Å². The van der Waals surface area contributed by atoms with Crippen molar-refractivity contribution in [2.75, 3.05) is 12.3 Å². The van der Waals surface area contributed by atoms with E-state index in [9.17, 15) is 9.18 Å². The lowest BCUT2D eigenvalue weighted by Crippen LogP contribution is -2.25. The molecule has 22 heavy (non-hydrogen) atoms. The minimum atomic E-state index is -0.157. The minimum Gasteiger partial charge on any atom is -0.352 e. The van der Waals surface area contributed by atoms with Crippen molar-refractivity contribution in [1.82, 2.24) is 15.1 Å². The number of carbonyl (C=O) groups is 1. The third kappa shape index (κ3) is 4.59. The van der Waals surface area contributed by atoms with Gasteiger partial charge in [-0.05, 0) is 30.7 Å². The van der Waals surface area contributed by atoms with Gasteiger partial charge in [0.2, 0.25) is 0 Å². The van der Waals surface area contributed by atoms with Crippen LogP contribution in [0, 0.1) is 12.7 Å². The van der Waals surface area contributed by atoms with Crippen LogP contribution < -0.4 is 5.32 Å². The number of aryl methyl sites for hydroxylation is 2. The summed E-state index contributed by atoms with van der Waals surface area (Å²) < 4.78 is 15.1. The number of hydrogen-bond acceptors (Lipinski definition) is 3. The Morgan fingerprint density at radius 1 is 1.41 bits per heavy atom. The van der Waals surface area contributed by atoms with Crippen LogP contribution in [-0.2, 0) is 12.8 Å². The van der Waals surface area contributed by atoms with Gasteiger partial charge in [0.15, 0.2) is 0 Å². The molecule has 1 aromatic heterocycles. The highest BCUT2D eigenvalue weighted by Crippen LogP contribution is 2.15. The number of amides is 1. The largest absolute Gasteiger partial charge is 0.352 e. The lowest BCUT2D eigenvalue weighted by molar-refractivity contribution is 0.0953. The summed E-state index contributed by atoms with van der Waals surface area (Å²) in [5.74, 6) is 1.28. The normalized spacial score (nSPS) is 10.7. The maximum atomic E-state index is 13.4. The van der Waals surface area contributed by atoms with Gasteiger partial charge in [-0.25, -0.2) is 4.39 Å². The van der Waals surface area contributed by atoms with Crippen molar-refractivity contribution in [2.24, 2.45) is 7.05 Å². The molecule has 0 fully saturated rings. The fourth-order valence-corrected chi connectivity index (χ4v) is 3.04. The Morgan fingerprint density at radius 2 is 2.18 bits per heavy atom. The Morgan fingerprint density at radius 3 is 2.86 bits per heavy atom. The molecule has 0 bridgehead atoms. The fourth-order valence-electron chi connectivity index (χ4n) is 2.09. The van der Waals surface area contributed by atoms with Gasteiger partial charge >= 0.3 is 0 Å². The Hall–Kier alpha value is -1.82. The van der Waals surface area contributed by atoms with Crippen molar-refractivity contribution in [3.05, 3.63) is 53.1 Å². The van der Waals surface area contributed by atoms with Gasteiger partial charge in [0.25, 0.3) is 5.91 Å². The van der Waals surface area contributed by atoms with E-state index in [0.717, 1.165) is 23.4 Å². The molecule has 2 aromatic rings. The van der Waals surface area contributed by atoms with E-state index in [1.54, 1.807) is 41.8 Å². The molecule has 1 N–H and O–H groups in total. The number of halogens is 1. The van der Waals surface area contributed by atoms with Crippen molar-refractivity contribution < 1.29 is 9.18 Å². The SMILES string of the molecule is Cc1nn(C)cc1C(=O)NCCCSCc1ccccc1F. The Bertz CT molecular complexity index is 642. The Kier molecular flexibility index (Phi) is 6.00. The quantitative estimate of drug-likeness (QED) is 0.798. The molecule has 0 saturated carbocycles. The van der Waals surface area contributed by atoms with E-state index >= 15 is 0 Å². The van der Waals surface area contributed by atoms with Gasteiger partial charge in [0.05, 0.1) is 11.3 Å². The van der Waals surface area contributed by atoms with Gasteiger partial charge in [-0.3, -0.25) is 9.48 Å². The van der Waals surface area contributed by atoms with Crippen LogP contribution in [0.15, 0.2) is 30.5 Å². The number of hydrogen-bond donors (Lipinski definition) is 1. The van der Waals surface area contributed by atoms with Gasteiger partial charge in [-0.1, -0.05) is 18.2 Å². The second-order valence-electron chi connectivity index (χ2n) is 5.06. The fraction of sp³-hybridized carbons (Fsp3) is 0.375. The molecule has 1 aromatic carbocycles. The van der Waals surface area contributed by atoms with Gasteiger partial charge in [-0.15, -0.1) is 0 Å². The molecule has 6 heteroatoms. The molecule has 1 heterocycles. The molecule has 0 aliphatic rings. The summed E-state index contributed by atoms with van der Waals surface area (Å²) >= 11 is 1.67. The van der Waals surface area contributed by atoms with Gasteiger partial charge < -0.3 is 5.32 Å². The molecule has 4 nitrogen and oxygen atoms in total. The molecule has 0 saturated heterocycles. The first-order chi connectivity index (χ1) is 10.6. The van der Waals surface area contributed by atoms with Crippen LogP contribution in [0.5, 0.6) is 0 Å². The first-order valence-corrected chi connectivity index (χ1v) is 8.33. The van der Waals surface area contributed by atoms with E-state index in [1.165, 1.54) is 6.07 Å². The number of thioether (sulfide) groups is 1. The van der Waals surface area contributed by atoms with Crippen LogP contribution in [0.1, 0.15) is 28.0 Å². The predicted octanol–water partition coefficient (Wildman–Crippen LogP) is 2.92. The van der Waals surface area contributed by atoms with E-state index in [1.807, 2.05) is 13.0 Å². The molecule has 0 aliphatic carbocycles. The molecule has 2 rings (SSSR count). The number of rotatable bonds is 7. The third-order valence-corrected chi connectivity index (χ3v) is 4.32. The van der Waals surface area contributed by atoms with Crippen LogP contribution in [0.4, 0.5) is 4.39 Å². The zero-order valence-electron chi connectivity index (χ0n) is 12.8. The van der Waals surface area contributed by atoms with E-state index in [2.05, 4.69) is 10.4 Å². The summed E-state index contributed by atoms with van der Waals surface area (Å²) in [6.07, 6.45) is 2.57. The van der Waals surface area contributed by atoms with Crippen LogP contribution in [0.3, 0.4) is 0 Å². The van der Waals surface area contributed by atoms with Gasteiger partial charge in [0, 0.05) is 25.5 Å². The summed E-state index contributed by atoms with van der Waals surface area (Å²) in [6.45, 7) is 2.43. The summed E-state index contributed by atoms with van der Waals surface area (Å²) in [4.78, 5) is 12.0. The number of nitrogens with one attached hydrogen (secondary N) is 1. The third-order valence-electron chi connectivity index (χ3n) is 3.22. The molecule has 0 spiro atoms. The average molecular weight is 321 g/mol. The number of nitrogens with zero attached hydrogens (tertiary/aromatic N) is 2. The topological polar surface area (TPSA) is 46.9 Å². The van der Waals surface area contributed by atoms with E-state index in [4.69, 9.17) is 0 Å². The number of aromatic nitrogens is 2. The highest BCUT2D eigenvalue weighted by atomic mass is 32.2. The number of benzene rings is 1. The zero-order valence-corrected chi connectivity index (χ0v) is 13.6. The lowest BCUT2D eigenvalue weighted by Gasteiger charge is -2.05. The van der Waals surface area contributed by atoms with E-state index in [-0.39, 0.29) is 11.7 Å². The van der Waals surface area contributed by atoms with Crippen molar-refractivity contribution in [2.45, 2.75) is 19.1 Å². The van der Waals surface area contributed by atoms with Crippen molar-refractivity contribution in [1.29, 1.82) is 0 Å². The summed E-state index contributed by atoms with van der Waals surface area (Å²) in [5.41, 5.74) is 2.07. The maximum Gasteiger partial charge on any atom is 0.254 e. The molecule has 118 valence electrons. The predicted molar refractivity (Wildman–Crippen MR) is 87.5 cm³/mol. The first kappa shape index (κ1) is 16.5. The van der Waals surface area contributed by atoms with Crippen LogP contribution in [0.2, 0.25) is 0 Å². The first-order valence-electron chi connectivity index (χ1n) is 7.17. The molecule has 0 atom stereocenters. The lowest BCUT2D eigenvalue weighted by atomic mass is 10.2. The van der Waals surface area contributed by atoms with Crippen LogP contribution in [0.25, 0.3) is 0 Å². The minimum absolute atomic E-state index is 0.0929. The molecule has 0 aliphatic heterocycles. The van der Waals surface area contributed by atoms with Gasteiger partial charge in [0.1, 0.15) is 5.82 Å². The summed E-state index contributed by atoms with van der Waals surface area (Å²) in [7, 11) is 1.79. The summed E-state index contributed by atoms with van der Waals surface area (Å²) in [6, 6.07) is 6.82. The van der Waals surface area contributed by atoms with Crippen molar-refractivity contribution in [3.8, 4) is 0 Å². The van der Waals surface area contributed by atoms with E-state index in [0.29, 0.717) is 17.9 Å². The van der Waals surface area contributed by atoms with Crippen molar-refractivity contribution in [3.63, 3.8) is 0 Å².